The maximum absolute atomic E-state index is 12.3. The van der Waals surface area contributed by atoms with Gasteiger partial charge in [-0.3, -0.25) is 4.79 Å². The van der Waals surface area contributed by atoms with Gasteiger partial charge in [-0.25, -0.2) is 0 Å². The molecule has 1 aromatic heterocycles. The third-order valence-electron chi connectivity index (χ3n) is 3.35. The van der Waals surface area contributed by atoms with Crippen LogP contribution in [0.15, 0.2) is 57.4 Å². The van der Waals surface area contributed by atoms with Crippen molar-refractivity contribution in [1.29, 1.82) is 0 Å². The number of hydrogen-bond donors (Lipinski definition) is 1. The first-order valence-corrected chi connectivity index (χ1v) is 7.55. The van der Waals surface area contributed by atoms with Crippen molar-refractivity contribution in [3.63, 3.8) is 0 Å². The van der Waals surface area contributed by atoms with Crippen molar-refractivity contribution in [2.24, 2.45) is 0 Å². The lowest BCUT2D eigenvalue weighted by Crippen LogP contribution is -2.12. The average Bonchev–Trinajstić information content (AvgIpc) is 2.91. The van der Waals surface area contributed by atoms with Crippen LogP contribution < -0.4 is 5.32 Å². The summed E-state index contributed by atoms with van der Waals surface area (Å²) in [5, 5.41) is 3.82. The fourth-order valence-corrected chi connectivity index (χ4v) is 2.59. The highest BCUT2D eigenvalue weighted by molar-refractivity contribution is 9.10. The van der Waals surface area contributed by atoms with Crippen molar-refractivity contribution >= 4 is 38.5 Å². The van der Waals surface area contributed by atoms with Gasteiger partial charge in [-0.1, -0.05) is 41.1 Å². The Hall–Kier alpha value is -2.07. The molecular weight excluding hydrogens is 330 g/mol. The molecule has 0 radical (unpaired) electrons. The van der Waals surface area contributed by atoms with E-state index in [1.807, 2.05) is 42.5 Å². The minimum Gasteiger partial charge on any atom is -0.451 e. The van der Waals surface area contributed by atoms with Gasteiger partial charge < -0.3 is 9.73 Å². The molecule has 0 aliphatic carbocycles. The summed E-state index contributed by atoms with van der Waals surface area (Å²) in [4.78, 5) is 12.3. The van der Waals surface area contributed by atoms with E-state index in [9.17, 15) is 4.79 Å². The molecule has 0 spiro atoms. The summed E-state index contributed by atoms with van der Waals surface area (Å²) in [6, 6.07) is 15.2. The van der Waals surface area contributed by atoms with Crippen LogP contribution in [0.1, 0.15) is 23.0 Å². The number of hydrogen-bond acceptors (Lipinski definition) is 2. The van der Waals surface area contributed by atoms with Crippen LogP contribution in [-0.4, -0.2) is 5.91 Å². The molecule has 0 aliphatic heterocycles. The number of nitrogens with one attached hydrogen (secondary N) is 1. The molecule has 3 aromatic rings. The number of amides is 1. The van der Waals surface area contributed by atoms with Gasteiger partial charge in [0.15, 0.2) is 5.76 Å². The van der Waals surface area contributed by atoms with E-state index >= 15 is 0 Å². The van der Waals surface area contributed by atoms with Gasteiger partial charge in [0, 0.05) is 15.5 Å². The molecule has 3 nitrogen and oxygen atoms in total. The van der Waals surface area contributed by atoms with Gasteiger partial charge in [0.1, 0.15) is 5.58 Å². The Morgan fingerprint density at radius 2 is 2.00 bits per heavy atom. The summed E-state index contributed by atoms with van der Waals surface area (Å²) in [5.41, 5.74) is 2.62. The smallest absolute Gasteiger partial charge is 0.291 e. The Labute approximate surface area is 131 Å². The van der Waals surface area contributed by atoms with Crippen LogP contribution in [0.2, 0.25) is 0 Å². The summed E-state index contributed by atoms with van der Waals surface area (Å²) in [6.07, 6.45) is 0.865. The van der Waals surface area contributed by atoms with Gasteiger partial charge in [0.2, 0.25) is 0 Å². The molecule has 0 saturated carbocycles. The van der Waals surface area contributed by atoms with Crippen molar-refractivity contribution in [2.75, 3.05) is 5.32 Å². The van der Waals surface area contributed by atoms with Crippen molar-refractivity contribution < 1.29 is 9.21 Å². The quantitative estimate of drug-likeness (QED) is 0.726. The van der Waals surface area contributed by atoms with Gasteiger partial charge >= 0.3 is 0 Å². The van der Waals surface area contributed by atoms with Gasteiger partial charge in [0.05, 0.1) is 0 Å². The molecule has 0 bridgehead atoms. The summed E-state index contributed by atoms with van der Waals surface area (Å²) in [7, 11) is 0. The first-order valence-electron chi connectivity index (χ1n) is 6.75. The largest absolute Gasteiger partial charge is 0.451 e. The molecule has 1 amide bonds. The Kier molecular flexibility index (Phi) is 3.80. The predicted molar refractivity (Wildman–Crippen MR) is 87.7 cm³/mol. The standard InChI is InChI=1S/C17H14BrNO2/c1-2-11-5-3-4-6-14(11)19-17(20)16-9-12-7-8-13(18)10-15(12)21-16/h3-10H,2H2,1H3,(H,19,20). The van der Waals surface area contributed by atoms with E-state index in [0.29, 0.717) is 11.3 Å². The summed E-state index contributed by atoms with van der Waals surface area (Å²) < 4.78 is 6.54. The molecule has 1 heterocycles. The van der Waals surface area contributed by atoms with Crippen LogP contribution in [0, 0.1) is 0 Å². The molecule has 21 heavy (non-hydrogen) atoms. The maximum Gasteiger partial charge on any atom is 0.291 e. The van der Waals surface area contributed by atoms with Crippen LogP contribution in [0.5, 0.6) is 0 Å². The molecule has 0 unspecified atom stereocenters. The van der Waals surface area contributed by atoms with Crippen molar-refractivity contribution in [1.82, 2.24) is 0 Å². The lowest BCUT2D eigenvalue weighted by Gasteiger charge is -2.07. The van der Waals surface area contributed by atoms with Crippen LogP contribution in [0.25, 0.3) is 11.0 Å². The third kappa shape index (κ3) is 2.85. The second-order valence-corrected chi connectivity index (χ2v) is 5.67. The van der Waals surface area contributed by atoms with Gasteiger partial charge in [-0.05, 0) is 42.3 Å². The molecule has 0 saturated heterocycles. The number of anilines is 1. The fraction of sp³-hybridized carbons (Fsp3) is 0.118. The van der Waals surface area contributed by atoms with E-state index in [2.05, 4.69) is 28.2 Å². The highest BCUT2D eigenvalue weighted by atomic mass is 79.9. The second kappa shape index (κ2) is 5.74. The first-order chi connectivity index (χ1) is 10.2. The Morgan fingerprint density at radius 1 is 1.19 bits per heavy atom. The number of rotatable bonds is 3. The second-order valence-electron chi connectivity index (χ2n) is 4.76. The van der Waals surface area contributed by atoms with Gasteiger partial charge in [-0.2, -0.15) is 0 Å². The molecule has 4 heteroatoms. The number of para-hydroxylation sites is 1. The molecule has 1 N–H and O–H groups in total. The lowest BCUT2D eigenvalue weighted by molar-refractivity contribution is 0.0998. The molecule has 0 aliphatic rings. The number of aryl methyl sites for hydroxylation is 1. The van der Waals surface area contributed by atoms with Crippen LogP contribution in [-0.2, 0) is 6.42 Å². The molecule has 3 rings (SSSR count). The van der Waals surface area contributed by atoms with Gasteiger partial charge in [0.25, 0.3) is 5.91 Å². The summed E-state index contributed by atoms with van der Waals surface area (Å²) in [5.74, 6) is 0.0808. The lowest BCUT2D eigenvalue weighted by atomic mass is 10.1. The average molecular weight is 344 g/mol. The molecular formula is C17H14BrNO2. The highest BCUT2D eigenvalue weighted by Gasteiger charge is 2.13. The Bertz CT molecular complexity index is 807. The van der Waals surface area contributed by atoms with Crippen LogP contribution in [0.4, 0.5) is 5.69 Å². The van der Waals surface area contributed by atoms with Crippen LogP contribution >= 0.6 is 15.9 Å². The fourth-order valence-electron chi connectivity index (χ4n) is 2.25. The molecule has 2 aromatic carbocycles. The maximum atomic E-state index is 12.3. The Morgan fingerprint density at radius 3 is 2.81 bits per heavy atom. The normalized spacial score (nSPS) is 10.8. The Balaban J connectivity index is 1.90. The number of carbonyl (C=O) groups excluding carboxylic acids is 1. The minimum absolute atomic E-state index is 0.233. The van der Waals surface area contributed by atoms with Crippen molar-refractivity contribution in [2.45, 2.75) is 13.3 Å². The number of furan rings is 1. The molecule has 106 valence electrons. The highest BCUT2D eigenvalue weighted by Crippen LogP contribution is 2.24. The minimum atomic E-state index is -0.233. The topological polar surface area (TPSA) is 42.2 Å². The number of carbonyl (C=O) groups is 1. The SMILES string of the molecule is CCc1ccccc1NC(=O)c1cc2ccc(Br)cc2o1. The first kappa shape index (κ1) is 13.9. The summed E-state index contributed by atoms with van der Waals surface area (Å²) >= 11 is 3.39. The van der Waals surface area contributed by atoms with E-state index in [4.69, 9.17) is 4.42 Å². The molecule has 0 atom stereocenters. The van der Waals surface area contributed by atoms with Crippen LogP contribution in [0.3, 0.4) is 0 Å². The van der Waals surface area contributed by atoms with Crippen molar-refractivity contribution in [3.8, 4) is 0 Å². The number of benzene rings is 2. The zero-order valence-electron chi connectivity index (χ0n) is 11.5. The van der Waals surface area contributed by atoms with E-state index in [1.165, 1.54) is 0 Å². The predicted octanol–water partition coefficient (Wildman–Crippen LogP) is 5.01. The third-order valence-corrected chi connectivity index (χ3v) is 3.85. The van der Waals surface area contributed by atoms with E-state index in [0.717, 1.165) is 27.5 Å². The monoisotopic (exact) mass is 343 g/mol. The zero-order chi connectivity index (χ0) is 14.8. The molecule has 0 fully saturated rings. The van der Waals surface area contributed by atoms with Gasteiger partial charge in [-0.15, -0.1) is 0 Å². The zero-order valence-corrected chi connectivity index (χ0v) is 13.1. The van der Waals surface area contributed by atoms with E-state index in [-0.39, 0.29) is 5.91 Å². The van der Waals surface area contributed by atoms with E-state index in [1.54, 1.807) is 6.07 Å². The van der Waals surface area contributed by atoms with Crippen molar-refractivity contribution in [3.05, 3.63) is 64.3 Å². The number of halogens is 1. The summed E-state index contributed by atoms with van der Waals surface area (Å²) in [6.45, 7) is 2.06. The number of fused-ring (bicyclic) bond motifs is 1. The van der Waals surface area contributed by atoms with E-state index < -0.39 is 0 Å².